The molecule has 1 aromatic heterocycles. The van der Waals surface area contributed by atoms with Crippen LogP contribution in [-0.2, 0) is 17.6 Å². The number of H-pyrrole nitrogens is 1. The number of para-hydroxylation sites is 1. The van der Waals surface area contributed by atoms with Crippen LogP contribution >= 0.6 is 0 Å². The maximum atomic E-state index is 13.1. The van der Waals surface area contributed by atoms with Crippen LogP contribution in [0.15, 0.2) is 72.9 Å². The van der Waals surface area contributed by atoms with Gasteiger partial charge in [0.15, 0.2) is 0 Å². The van der Waals surface area contributed by atoms with Gasteiger partial charge in [0.05, 0.1) is 6.04 Å². The first-order valence-corrected chi connectivity index (χ1v) is 10.3. The highest BCUT2D eigenvalue weighted by atomic mass is 16.2. The number of nitrogens with one attached hydrogen (secondary N) is 2. The van der Waals surface area contributed by atoms with Crippen LogP contribution in [0.25, 0.3) is 21.7 Å². The number of aromatic nitrogens is 1. The topological polar surface area (TPSA) is 48.1 Å². The molecular formula is C25H25N3O. The van der Waals surface area contributed by atoms with E-state index >= 15 is 0 Å². The molecule has 0 radical (unpaired) electrons. The Bertz CT molecular complexity index is 1160. The molecule has 0 bridgehead atoms. The van der Waals surface area contributed by atoms with Gasteiger partial charge >= 0.3 is 0 Å². The largest absolute Gasteiger partial charge is 0.361 e. The smallest absolute Gasteiger partial charge is 0.240 e. The summed E-state index contributed by atoms with van der Waals surface area (Å²) in [6.07, 6.45) is 3.64. The zero-order valence-electron chi connectivity index (χ0n) is 16.4. The molecule has 5 rings (SSSR count). The van der Waals surface area contributed by atoms with Gasteiger partial charge in [-0.1, -0.05) is 60.7 Å². The molecule has 4 nitrogen and oxygen atoms in total. The highest BCUT2D eigenvalue weighted by Crippen LogP contribution is 2.21. The van der Waals surface area contributed by atoms with Crippen LogP contribution in [0.5, 0.6) is 0 Å². The van der Waals surface area contributed by atoms with Gasteiger partial charge in [-0.2, -0.15) is 0 Å². The number of nitrogens with zero attached hydrogens (tertiary/aromatic N) is 1. The molecule has 4 heteroatoms. The molecule has 0 aliphatic carbocycles. The highest BCUT2D eigenvalue weighted by molar-refractivity contribution is 5.87. The fraction of sp³-hybridized carbons (Fsp3) is 0.240. The predicted molar refractivity (Wildman–Crippen MR) is 118 cm³/mol. The molecular weight excluding hydrogens is 358 g/mol. The van der Waals surface area contributed by atoms with Crippen molar-refractivity contribution in [1.82, 2.24) is 15.2 Å². The van der Waals surface area contributed by atoms with Crippen LogP contribution in [0.2, 0.25) is 0 Å². The van der Waals surface area contributed by atoms with Crippen molar-refractivity contribution in [2.45, 2.75) is 18.9 Å². The van der Waals surface area contributed by atoms with E-state index in [2.05, 4.69) is 64.9 Å². The molecule has 4 aromatic rings. The first-order valence-electron chi connectivity index (χ1n) is 10.3. The lowest BCUT2D eigenvalue weighted by molar-refractivity contribution is -0.135. The zero-order valence-corrected chi connectivity index (χ0v) is 16.4. The number of hydrogen-bond donors (Lipinski definition) is 2. The van der Waals surface area contributed by atoms with Gasteiger partial charge in [0.1, 0.15) is 0 Å². The number of piperazine rings is 1. The van der Waals surface area contributed by atoms with Crippen molar-refractivity contribution in [3.05, 3.63) is 84.1 Å². The Morgan fingerprint density at radius 2 is 1.79 bits per heavy atom. The molecule has 1 saturated heterocycles. The van der Waals surface area contributed by atoms with Gasteiger partial charge in [-0.25, -0.2) is 0 Å². The van der Waals surface area contributed by atoms with Gasteiger partial charge in [-0.05, 0) is 40.8 Å². The first kappa shape index (κ1) is 18.0. The summed E-state index contributed by atoms with van der Waals surface area (Å²) in [4.78, 5) is 18.4. The maximum absolute atomic E-state index is 13.1. The minimum Gasteiger partial charge on any atom is -0.361 e. The van der Waals surface area contributed by atoms with E-state index in [9.17, 15) is 4.79 Å². The lowest BCUT2D eigenvalue weighted by Gasteiger charge is -2.33. The van der Waals surface area contributed by atoms with Crippen LogP contribution in [0.4, 0.5) is 0 Å². The molecule has 146 valence electrons. The number of rotatable bonds is 5. The fourth-order valence-electron chi connectivity index (χ4n) is 4.35. The number of amides is 1. The lowest BCUT2D eigenvalue weighted by Crippen LogP contribution is -2.56. The summed E-state index contributed by atoms with van der Waals surface area (Å²) in [6, 6.07) is 23.1. The summed E-state index contributed by atoms with van der Waals surface area (Å²) in [5, 5.41) is 7.14. The van der Waals surface area contributed by atoms with Crippen LogP contribution in [0.3, 0.4) is 0 Å². The Morgan fingerprint density at radius 3 is 2.72 bits per heavy atom. The average molecular weight is 383 g/mol. The van der Waals surface area contributed by atoms with E-state index in [0.29, 0.717) is 0 Å². The van der Waals surface area contributed by atoms with E-state index in [0.717, 1.165) is 38.0 Å². The molecule has 0 unspecified atom stereocenters. The minimum absolute atomic E-state index is 0.153. The van der Waals surface area contributed by atoms with Crippen LogP contribution in [-0.4, -0.2) is 41.5 Å². The second-order valence-corrected chi connectivity index (χ2v) is 7.83. The lowest BCUT2D eigenvalue weighted by atomic mass is 10.0. The average Bonchev–Trinajstić information content (AvgIpc) is 3.17. The van der Waals surface area contributed by atoms with Crippen molar-refractivity contribution >= 4 is 27.6 Å². The van der Waals surface area contributed by atoms with E-state index in [4.69, 9.17) is 0 Å². The quantitative estimate of drug-likeness (QED) is 0.549. The van der Waals surface area contributed by atoms with Crippen LogP contribution < -0.4 is 5.32 Å². The molecule has 1 aliphatic heterocycles. The van der Waals surface area contributed by atoms with Crippen molar-refractivity contribution in [1.29, 1.82) is 0 Å². The van der Waals surface area contributed by atoms with Gasteiger partial charge in [0, 0.05) is 36.7 Å². The Morgan fingerprint density at radius 1 is 0.966 bits per heavy atom. The molecule has 29 heavy (non-hydrogen) atoms. The van der Waals surface area contributed by atoms with Gasteiger partial charge in [-0.15, -0.1) is 0 Å². The number of benzene rings is 3. The molecule has 1 fully saturated rings. The summed E-state index contributed by atoms with van der Waals surface area (Å²) in [5.41, 5.74) is 3.60. The number of fused-ring (bicyclic) bond motifs is 2. The fourth-order valence-corrected chi connectivity index (χ4v) is 4.35. The van der Waals surface area contributed by atoms with E-state index in [1.165, 1.54) is 27.3 Å². The molecule has 3 aromatic carbocycles. The third-order valence-electron chi connectivity index (χ3n) is 5.97. The van der Waals surface area contributed by atoms with Gasteiger partial charge in [0.2, 0.25) is 5.91 Å². The normalized spacial score (nSPS) is 17.3. The van der Waals surface area contributed by atoms with Crippen molar-refractivity contribution < 1.29 is 4.79 Å². The molecule has 2 heterocycles. The Balaban J connectivity index is 1.26. The number of aromatic amines is 1. The molecule has 0 saturated carbocycles. The number of carbonyl (C=O) groups is 1. The molecule has 1 amide bonds. The molecule has 2 N–H and O–H groups in total. The number of hydrogen-bond acceptors (Lipinski definition) is 2. The first-order chi connectivity index (χ1) is 14.3. The summed E-state index contributed by atoms with van der Waals surface area (Å²) in [5.74, 6) is 0.210. The second-order valence-electron chi connectivity index (χ2n) is 7.83. The van der Waals surface area contributed by atoms with Gasteiger partial charge in [0.25, 0.3) is 0 Å². The predicted octanol–water partition coefficient (Wildman–Crippen LogP) is 3.91. The SMILES string of the molecule is O=C1[C@H](Cc2c[nH]c3ccccc23)NCCN1CCc1ccc2ccccc2c1. The van der Waals surface area contributed by atoms with E-state index < -0.39 is 0 Å². The molecule has 1 atom stereocenters. The Kier molecular flexibility index (Phi) is 4.78. The molecule has 1 aliphatic rings. The Labute approximate surface area is 170 Å². The standard InChI is InChI=1S/C25H25N3O/c29-25-24(16-21-17-27-23-8-4-3-7-22(21)23)26-12-14-28(25)13-11-18-9-10-19-5-1-2-6-20(19)15-18/h1-10,15,17,24,26-27H,11-14,16H2/t24-/m0/s1. The van der Waals surface area contributed by atoms with E-state index in [1.807, 2.05) is 23.2 Å². The summed E-state index contributed by atoms with van der Waals surface area (Å²) < 4.78 is 0. The van der Waals surface area contributed by atoms with Crippen molar-refractivity contribution in [2.75, 3.05) is 19.6 Å². The third kappa shape index (κ3) is 3.64. The van der Waals surface area contributed by atoms with E-state index in [-0.39, 0.29) is 11.9 Å². The van der Waals surface area contributed by atoms with E-state index in [1.54, 1.807) is 0 Å². The van der Waals surface area contributed by atoms with Crippen molar-refractivity contribution in [2.24, 2.45) is 0 Å². The summed E-state index contributed by atoms with van der Waals surface area (Å²) in [7, 11) is 0. The molecule has 0 spiro atoms. The third-order valence-corrected chi connectivity index (χ3v) is 5.97. The minimum atomic E-state index is -0.153. The van der Waals surface area contributed by atoms with Gasteiger partial charge in [-0.3, -0.25) is 4.79 Å². The maximum Gasteiger partial charge on any atom is 0.240 e. The number of carbonyl (C=O) groups excluding carboxylic acids is 1. The van der Waals surface area contributed by atoms with Crippen LogP contribution in [0, 0.1) is 0 Å². The highest BCUT2D eigenvalue weighted by Gasteiger charge is 2.28. The summed E-state index contributed by atoms with van der Waals surface area (Å²) >= 11 is 0. The van der Waals surface area contributed by atoms with Gasteiger partial charge < -0.3 is 15.2 Å². The monoisotopic (exact) mass is 383 g/mol. The second kappa shape index (κ2) is 7.72. The van der Waals surface area contributed by atoms with Crippen molar-refractivity contribution in [3.63, 3.8) is 0 Å². The Hall–Kier alpha value is -3.11. The van der Waals surface area contributed by atoms with Crippen molar-refractivity contribution in [3.8, 4) is 0 Å². The zero-order chi connectivity index (χ0) is 19.6. The summed E-state index contributed by atoms with van der Waals surface area (Å²) in [6.45, 7) is 2.39. The van der Waals surface area contributed by atoms with Crippen LogP contribution in [0.1, 0.15) is 11.1 Å².